The van der Waals surface area contributed by atoms with Crippen molar-refractivity contribution in [3.63, 3.8) is 0 Å². The second kappa shape index (κ2) is 7.31. The molecule has 162 valence electrons. The van der Waals surface area contributed by atoms with Crippen LogP contribution >= 0.6 is 10.3 Å². The lowest BCUT2D eigenvalue weighted by Crippen LogP contribution is -2.31. The van der Waals surface area contributed by atoms with E-state index in [2.05, 4.69) is 20.4 Å². The van der Waals surface area contributed by atoms with Crippen LogP contribution < -0.4 is 10.9 Å². The Balaban J connectivity index is 1.58. The lowest BCUT2D eigenvalue weighted by molar-refractivity contribution is 0.450. The van der Waals surface area contributed by atoms with Crippen LogP contribution in [0.2, 0.25) is 0 Å². The van der Waals surface area contributed by atoms with Crippen molar-refractivity contribution in [2.45, 2.75) is 32.7 Å². The summed E-state index contributed by atoms with van der Waals surface area (Å²) in [7, 11) is -1.54. The summed E-state index contributed by atoms with van der Waals surface area (Å²) in [5.41, 5.74) is 4.00. The first kappa shape index (κ1) is 20.0. The summed E-state index contributed by atoms with van der Waals surface area (Å²) in [4.78, 5) is 26.4. The predicted molar refractivity (Wildman–Crippen MR) is 124 cm³/mol. The van der Waals surface area contributed by atoms with Crippen LogP contribution in [0.25, 0.3) is 16.7 Å². The number of anilines is 2. The van der Waals surface area contributed by atoms with Crippen molar-refractivity contribution in [1.82, 2.24) is 29.1 Å². The van der Waals surface area contributed by atoms with Crippen LogP contribution in [0.4, 0.5) is 11.6 Å². The highest BCUT2D eigenvalue weighted by Gasteiger charge is 2.28. The van der Waals surface area contributed by atoms with Crippen molar-refractivity contribution < 1.29 is 4.55 Å². The van der Waals surface area contributed by atoms with Gasteiger partial charge in [0.25, 0.3) is 5.56 Å². The molecule has 0 spiro atoms. The molecule has 1 aliphatic heterocycles. The number of pyridine rings is 2. The van der Waals surface area contributed by atoms with Gasteiger partial charge >= 0.3 is 0 Å². The maximum Gasteiger partial charge on any atom is 0.252 e. The Hall–Kier alpha value is -2.98. The molecule has 1 fully saturated rings. The van der Waals surface area contributed by atoms with E-state index >= 15 is 0 Å². The van der Waals surface area contributed by atoms with Gasteiger partial charge in [0.1, 0.15) is 12.0 Å². The van der Waals surface area contributed by atoms with Crippen LogP contribution in [0.3, 0.4) is 0 Å². The molecule has 2 N–H and O–H groups in total. The molecule has 0 aromatic carbocycles. The maximum absolute atomic E-state index is 13.0. The molecule has 5 heterocycles. The third-order valence-corrected chi connectivity index (χ3v) is 8.25. The van der Waals surface area contributed by atoms with Gasteiger partial charge in [-0.25, -0.2) is 14.5 Å². The normalized spacial score (nSPS) is 23.7. The molecule has 1 saturated heterocycles. The largest absolute Gasteiger partial charge is 0.352 e. The van der Waals surface area contributed by atoms with Crippen LogP contribution in [0.5, 0.6) is 0 Å². The minimum absolute atomic E-state index is 0.0271. The van der Waals surface area contributed by atoms with Gasteiger partial charge in [0.2, 0.25) is 5.95 Å². The third-order valence-electron chi connectivity index (χ3n) is 6.01. The first-order valence-corrected chi connectivity index (χ1v) is 12.6. The second-order valence-corrected chi connectivity index (χ2v) is 11.6. The van der Waals surface area contributed by atoms with Gasteiger partial charge in [-0.3, -0.25) is 9.36 Å². The molecule has 0 saturated carbocycles. The second-order valence-electron chi connectivity index (χ2n) is 8.39. The number of rotatable bonds is 3. The molecule has 5 rings (SSSR count). The Morgan fingerprint density at radius 3 is 2.71 bits per heavy atom. The molecule has 0 amide bonds. The summed E-state index contributed by atoms with van der Waals surface area (Å²) >= 11 is 0. The van der Waals surface area contributed by atoms with Gasteiger partial charge in [0.05, 0.1) is 11.9 Å². The smallest absolute Gasteiger partial charge is 0.252 e. The molecule has 9 nitrogen and oxygen atoms in total. The summed E-state index contributed by atoms with van der Waals surface area (Å²) in [6, 6.07) is 3.62. The summed E-state index contributed by atoms with van der Waals surface area (Å²) in [5.74, 6) is 1.90. The van der Waals surface area contributed by atoms with E-state index in [-0.39, 0.29) is 11.6 Å². The summed E-state index contributed by atoms with van der Waals surface area (Å²) < 4.78 is 13.9. The van der Waals surface area contributed by atoms with Crippen LogP contribution in [0.1, 0.15) is 30.0 Å². The predicted octanol–water partition coefficient (Wildman–Crippen LogP) is 3.44. The van der Waals surface area contributed by atoms with Crippen LogP contribution in [0.15, 0.2) is 35.6 Å². The molecule has 0 bridgehead atoms. The highest BCUT2D eigenvalue weighted by atomic mass is 32.3. The van der Waals surface area contributed by atoms with Crippen molar-refractivity contribution >= 4 is 38.6 Å². The van der Waals surface area contributed by atoms with Crippen LogP contribution in [-0.2, 0) is 0 Å². The van der Waals surface area contributed by atoms with Gasteiger partial charge in [-0.2, -0.15) is 10.1 Å². The molecule has 0 aliphatic carbocycles. The van der Waals surface area contributed by atoms with Crippen molar-refractivity contribution in [3.8, 4) is 0 Å². The fraction of sp³-hybridized carbons (Fsp3) is 0.381. The van der Waals surface area contributed by atoms with Crippen molar-refractivity contribution in [3.05, 3.63) is 52.3 Å². The van der Waals surface area contributed by atoms with Crippen molar-refractivity contribution in [2.24, 2.45) is 0 Å². The monoisotopic (exact) mass is 439 g/mol. The highest BCUT2D eigenvalue weighted by Crippen LogP contribution is 2.47. The van der Waals surface area contributed by atoms with Gasteiger partial charge in [-0.05, 0) is 50.1 Å². The number of fused-ring (bicyclic) bond motifs is 2. The quantitative estimate of drug-likeness (QED) is 0.503. The molecule has 4 aromatic rings. The molecular weight excluding hydrogens is 414 g/mol. The Morgan fingerprint density at radius 2 is 1.94 bits per heavy atom. The van der Waals surface area contributed by atoms with Gasteiger partial charge in [-0.1, -0.05) is 0 Å². The summed E-state index contributed by atoms with van der Waals surface area (Å²) in [6.45, 7) is 3.89. The molecule has 4 aromatic heterocycles. The molecule has 0 unspecified atom stereocenters. The molecule has 0 radical (unpaired) electrons. The van der Waals surface area contributed by atoms with E-state index in [4.69, 9.17) is 4.98 Å². The lowest BCUT2D eigenvalue weighted by atomic mass is 10.1. The highest BCUT2D eigenvalue weighted by molar-refractivity contribution is 8.28. The van der Waals surface area contributed by atoms with Crippen LogP contribution in [0, 0.1) is 13.8 Å². The lowest BCUT2D eigenvalue weighted by Gasteiger charge is -2.38. The van der Waals surface area contributed by atoms with Crippen molar-refractivity contribution in [2.75, 3.05) is 23.1 Å². The standard InChI is InChI=1S/C21H25N7O2S/c1-13-9-19(29)28(15-4-6-31(3,30)7-5-15)20-16(13)10-22-21(26-20)25-17-11-27-18(8-14(17)2)23-12-24-27/h8-12,15,30H,4-7H2,1-3H3,(H,22,25,26). The molecule has 10 heteroatoms. The van der Waals surface area contributed by atoms with Gasteiger partial charge in [0.15, 0.2) is 5.65 Å². The minimum Gasteiger partial charge on any atom is -0.352 e. The first-order chi connectivity index (χ1) is 14.8. The molecule has 0 atom stereocenters. The zero-order valence-corrected chi connectivity index (χ0v) is 18.6. The van der Waals surface area contributed by atoms with E-state index in [1.807, 2.05) is 32.4 Å². The van der Waals surface area contributed by atoms with E-state index in [1.54, 1.807) is 21.3 Å². The maximum atomic E-state index is 13.0. The van der Waals surface area contributed by atoms with Crippen molar-refractivity contribution in [1.29, 1.82) is 0 Å². The van der Waals surface area contributed by atoms with E-state index in [0.717, 1.165) is 52.2 Å². The average molecular weight is 440 g/mol. The minimum atomic E-state index is -1.54. The van der Waals surface area contributed by atoms with Gasteiger partial charge < -0.3 is 9.87 Å². The number of nitrogens with zero attached hydrogens (tertiary/aromatic N) is 6. The van der Waals surface area contributed by atoms with E-state index in [0.29, 0.717) is 11.6 Å². The number of nitrogens with one attached hydrogen (secondary N) is 1. The zero-order valence-electron chi connectivity index (χ0n) is 17.7. The number of hydrogen-bond acceptors (Lipinski definition) is 7. The van der Waals surface area contributed by atoms with E-state index < -0.39 is 10.3 Å². The third kappa shape index (κ3) is 3.66. The Morgan fingerprint density at radius 1 is 1.16 bits per heavy atom. The molecule has 31 heavy (non-hydrogen) atoms. The Labute approximate surface area is 180 Å². The van der Waals surface area contributed by atoms with Gasteiger partial charge in [0, 0.05) is 35.2 Å². The fourth-order valence-corrected chi connectivity index (χ4v) is 5.94. The Kier molecular flexibility index (Phi) is 4.71. The van der Waals surface area contributed by atoms with Gasteiger partial charge in [-0.15, -0.1) is 10.3 Å². The number of aromatic nitrogens is 6. The fourth-order valence-electron chi connectivity index (χ4n) is 4.18. The Bertz CT molecular complexity index is 1350. The number of hydrogen-bond donors (Lipinski definition) is 2. The first-order valence-electron chi connectivity index (χ1n) is 10.2. The van der Waals surface area contributed by atoms with E-state index in [1.165, 1.54) is 6.33 Å². The molecule has 1 aliphatic rings. The van der Waals surface area contributed by atoms with Crippen LogP contribution in [-0.4, -0.2) is 51.4 Å². The topological polar surface area (TPSA) is 110 Å². The summed E-state index contributed by atoms with van der Waals surface area (Å²) in [5, 5.41) is 8.31. The number of aryl methyl sites for hydroxylation is 2. The SMILES string of the molecule is Cc1cc2ncnn2cc1Nc1ncc2c(C)cc(=O)n(C3CCS(C)(O)CC3)c2n1. The van der Waals surface area contributed by atoms with E-state index in [9.17, 15) is 9.35 Å². The zero-order chi connectivity index (χ0) is 21.8. The summed E-state index contributed by atoms with van der Waals surface area (Å²) in [6.07, 6.45) is 8.61. The average Bonchev–Trinajstić information content (AvgIpc) is 3.16. The molecular formula is C21H25N7O2S.